The average Bonchev–Trinajstić information content (AvgIpc) is 2.75. The Morgan fingerprint density at radius 3 is 2.38 bits per heavy atom. The van der Waals surface area contributed by atoms with Crippen LogP contribution in [0.4, 0.5) is 0 Å². The lowest BCUT2D eigenvalue weighted by Gasteiger charge is -2.20. The van der Waals surface area contributed by atoms with Crippen LogP contribution in [0.1, 0.15) is 58.3 Å². The Morgan fingerprint density at radius 2 is 1.76 bits per heavy atom. The molecular formula is C14H27NO5S. The molecule has 0 spiro atoms. The molecule has 7 heteroatoms. The molecule has 0 aromatic heterocycles. The molecule has 6 nitrogen and oxygen atoms in total. The minimum atomic E-state index is -3.53. The Morgan fingerprint density at radius 1 is 1.14 bits per heavy atom. The summed E-state index contributed by atoms with van der Waals surface area (Å²) < 4.78 is 26.3. The van der Waals surface area contributed by atoms with Crippen LogP contribution in [0.15, 0.2) is 0 Å². The smallest absolute Gasteiger partial charge is 0.308 e. The molecule has 0 bridgehead atoms. The second-order valence-electron chi connectivity index (χ2n) is 5.82. The van der Waals surface area contributed by atoms with Gasteiger partial charge in [-0.05, 0) is 19.3 Å². The molecule has 3 N–H and O–H groups in total. The molecule has 124 valence electrons. The van der Waals surface area contributed by atoms with Gasteiger partial charge in [0.25, 0.3) is 0 Å². The fourth-order valence-electron chi connectivity index (χ4n) is 2.75. The van der Waals surface area contributed by atoms with Crippen LogP contribution in [0.5, 0.6) is 0 Å². The summed E-state index contributed by atoms with van der Waals surface area (Å²) in [7, 11) is -3.53. The van der Waals surface area contributed by atoms with Crippen molar-refractivity contribution < 1.29 is 23.4 Å². The summed E-state index contributed by atoms with van der Waals surface area (Å²) in [6.07, 6.45) is 5.60. The molecule has 0 aliphatic heterocycles. The second kappa shape index (κ2) is 8.70. The average molecular weight is 321 g/mol. The molecule has 0 aromatic rings. The maximum Gasteiger partial charge on any atom is 0.308 e. The number of carboxylic acids is 1. The van der Waals surface area contributed by atoms with Crippen molar-refractivity contribution in [2.24, 2.45) is 5.92 Å². The first-order chi connectivity index (χ1) is 9.87. The SMILES string of the molecule is CCCCCCCCS(=O)(=O)N[C@@H]1[C@@H](O)CC[C@H]1C(=O)O. The Bertz CT molecular complexity index is 423. The zero-order valence-corrected chi connectivity index (χ0v) is 13.4. The fraction of sp³-hybridized carbons (Fsp3) is 0.929. The molecule has 1 aliphatic carbocycles. The third kappa shape index (κ3) is 6.32. The van der Waals surface area contributed by atoms with Gasteiger partial charge in [0.1, 0.15) is 0 Å². The number of hydrogen-bond acceptors (Lipinski definition) is 4. The highest BCUT2D eigenvalue weighted by Crippen LogP contribution is 2.27. The van der Waals surface area contributed by atoms with Gasteiger partial charge < -0.3 is 10.2 Å². The van der Waals surface area contributed by atoms with E-state index >= 15 is 0 Å². The van der Waals surface area contributed by atoms with Crippen LogP contribution in [0.2, 0.25) is 0 Å². The van der Waals surface area contributed by atoms with E-state index < -0.39 is 34.1 Å². The number of aliphatic hydroxyl groups is 1. The number of carboxylic acid groups (broad SMARTS) is 1. The molecule has 0 saturated heterocycles. The lowest BCUT2D eigenvalue weighted by molar-refractivity contribution is -0.142. The standard InChI is InChI=1S/C14H27NO5S/c1-2-3-4-5-6-7-10-21(19,20)15-13-11(14(17)18)8-9-12(13)16/h11-13,15-16H,2-10H2,1H3,(H,17,18)/t11-,12+,13+/m1/s1. The quantitative estimate of drug-likeness (QED) is 0.529. The summed E-state index contributed by atoms with van der Waals surface area (Å²) in [5.41, 5.74) is 0. The third-order valence-corrected chi connectivity index (χ3v) is 5.48. The van der Waals surface area contributed by atoms with E-state index in [1.54, 1.807) is 0 Å². The van der Waals surface area contributed by atoms with Gasteiger partial charge in [0.15, 0.2) is 0 Å². The largest absolute Gasteiger partial charge is 0.481 e. The van der Waals surface area contributed by atoms with Gasteiger partial charge in [0, 0.05) is 0 Å². The molecule has 0 aromatic carbocycles. The molecule has 0 unspecified atom stereocenters. The molecular weight excluding hydrogens is 294 g/mol. The van der Waals surface area contributed by atoms with Crippen molar-refractivity contribution >= 4 is 16.0 Å². The number of aliphatic hydroxyl groups excluding tert-OH is 1. The Balaban J connectivity index is 2.39. The Kier molecular flexibility index (Phi) is 7.62. The van der Waals surface area contributed by atoms with Crippen molar-refractivity contribution in [3.63, 3.8) is 0 Å². The van der Waals surface area contributed by atoms with Crippen molar-refractivity contribution in [3.8, 4) is 0 Å². The first kappa shape index (κ1) is 18.4. The van der Waals surface area contributed by atoms with Crippen LogP contribution in [-0.2, 0) is 14.8 Å². The number of unbranched alkanes of at least 4 members (excludes halogenated alkanes) is 5. The van der Waals surface area contributed by atoms with Crippen molar-refractivity contribution in [1.29, 1.82) is 0 Å². The van der Waals surface area contributed by atoms with Crippen LogP contribution in [-0.4, -0.2) is 42.5 Å². The van der Waals surface area contributed by atoms with E-state index in [2.05, 4.69) is 11.6 Å². The maximum atomic E-state index is 12.0. The van der Waals surface area contributed by atoms with Gasteiger partial charge in [-0.15, -0.1) is 0 Å². The van der Waals surface area contributed by atoms with Gasteiger partial charge in [-0.25, -0.2) is 13.1 Å². The summed E-state index contributed by atoms with van der Waals surface area (Å²) in [6.45, 7) is 2.13. The maximum absolute atomic E-state index is 12.0. The van der Waals surface area contributed by atoms with Crippen molar-refractivity contribution in [2.75, 3.05) is 5.75 Å². The lowest BCUT2D eigenvalue weighted by Crippen LogP contribution is -2.46. The zero-order chi connectivity index (χ0) is 15.9. The predicted octanol–water partition coefficient (Wildman–Crippen LogP) is 1.49. The minimum Gasteiger partial charge on any atom is -0.481 e. The monoisotopic (exact) mass is 321 g/mol. The number of carbonyl (C=O) groups is 1. The second-order valence-corrected chi connectivity index (χ2v) is 7.69. The Hall–Kier alpha value is -0.660. The van der Waals surface area contributed by atoms with E-state index in [-0.39, 0.29) is 5.75 Å². The highest BCUT2D eigenvalue weighted by Gasteiger charge is 2.41. The van der Waals surface area contributed by atoms with Crippen molar-refractivity contribution in [3.05, 3.63) is 0 Å². The first-order valence-electron chi connectivity index (χ1n) is 7.78. The number of rotatable bonds is 10. The van der Waals surface area contributed by atoms with Crippen molar-refractivity contribution in [2.45, 2.75) is 70.4 Å². The summed E-state index contributed by atoms with van der Waals surface area (Å²) in [6, 6.07) is -0.896. The van der Waals surface area contributed by atoms with E-state index in [1.807, 2.05) is 0 Å². The van der Waals surface area contributed by atoms with Gasteiger partial charge in [-0.3, -0.25) is 4.79 Å². The first-order valence-corrected chi connectivity index (χ1v) is 9.43. The van der Waals surface area contributed by atoms with Gasteiger partial charge in [-0.2, -0.15) is 0 Å². The van der Waals surface area contributed by atoms with Crippen LogP contribution in [0.25, 0.3) is 0 Å². The highest BCUT2D eigenvalue weighted by atomic mass is 32.2. The van der Waals surface area contributed by atoms with Gasteiger partial charge in [-0.1, -0.05) is 39.0 Å². The lowest BCUT2D eigenvalue weighted by atomic mass is 10.0. The Labute approximate surface area is 127 Å². The highest BCUT2D eigenvalue weighted by molar-refractivity contribution is 7.89. The summed E-state index contributed by atoms with van der Waals surface area (Å²) in [5, 5.41) is 18.8. The molecule has 21 heavy (non-hydrogen) atoms. The summed E-state index contributed by atoms with van der Waals surface area (Å²) in [4.78, 5) is 11.1. The zero-order valence-electron chi connectivity index (χ0n) is 12.6. The molecule has 1 saturated carbocycles. The van der Waals surface area contributed by atoms with Crippen LogP contribution < -0.4 is 4.72 Å². The molecule has 1 fully saturated rings. The third-order valence-electron chi connectivity index (χ3n) is 4.02. The molecule has 1 rings (SSSR count). The number of sulfonamides is 1. The molecule has 0 radical (unpaired) electrons. The number of aliphatic carboxylic acids is 1. The molecule has 0 heterocycles. The van der Waals surface area contributed by atoms with Crippen LogP contribution in [0, 0.1) is 5.92 Å². The van der Waals surface area contributed by atoms with E-state index in [1.165, 1.54) is 6.42 Å². The predicted molar refractivity (Wildman–Crippen MR) is 80.5 cm³/mol. The summed E-state index contributed by atoms with van der Waals surface area (Å²) >= 11 is 0. The van der Waals surface area contributed by atoms with E-state index in [9.17, 15) is 18.3 Å². The summed E-state index contributed by atoms with van der Waals surface area (Å²) in [5.74, 6) is -1.90. The van der Waals surface area contributed by atoms with Crippen LogP contribution >= 0.6 is 0 Å². The van der Waals surface area contributed by atoms with E-state index in [4.69, 9.17) is 5.11 Å². The minimum absolute atomic E-state index is 0.00527. The topological polar surface area (TPSA) is 104 Å². The molecule has 1 aliphatic rings. The number of hydrogen-bond donors (Lipinski definition) is 3. The number of nitrogens with one attached hydrogen (secondary N) is 1. The normalized spacial score (nSPS) is 26.1. The fourth-order valence-corrected chi connectivity index (χ4v) is 4.19. The van der Waals surface area contributed by atoms with E-state index in [0.29, 0.717) is 19.3 Å². The van der Waals surface area contributed by atoms with Gasteiger partial charge in [0.05, 0.1) is 23.8 Å². The molecule has 3 atom stereocenters. The van der Waals surface area contributed by atoms with Gasteiger partial charge >= 0.3 is 5.97 Å². The van der Waals surface area contributed by atoms with Crippen LogP contribution in [0.3, 0.4) is 0 Å². The van der Waals surface area contributed by atoms with Gasteiger partial charge in [0.2, 0.25) is 10.0 Å². The van der Waals surface area contributed by atoms with Crippen molar-refractivity contribution in [1.82, 2.24) is 4.72 Å². The van der Waals surface area contributed by atoms with E-state index in [0.717, 1.165) is 25.7 Å². The molecule has 0 amide bonds.